The molecule has 1 aromatic heterocycles. The van der Waals surface area contributed by atoms with Gasteiger partial charge in [0.1, 0.15) is 11.5 Å². The molecule has 32 heavy (non-hydrogen) atoms. The Bertz CT molecular complexity index is 1030. The Morgan fingerprint density at radius 3 is 2.50 bits per heavy atom. The normalized spacial score (nSPS) is 12.2. The number of hydrogen-bond donors (Lipinski definition) is 1. The molecular formula is C25H30ClFN4O. The SMILES string of the molecule is CCN(CC)CCCC(C)NC(=O)c1cc(-c2ccccc2Cl)nn1-c1ccc(F)cc1. The zero-order valence-electron chi connectivity index (χ0n) is 18.8. The molecule has 0 radical (unpaired) electrons. The van der Waals surface area contributed by atoms with Gasteiger partial charge in [-0.1, -0.05) is 43.6 Å². The van der Waals surface area contributed by atoms with Gasteiger partial charge in [-0.25, -0.2) is 9.07 Å². The number of carbonyl (C=O) groups excluding carboxylic acids is 1. The van der Waals surface area contributed by atoms with E-state index in [4.69, 9.17) is 11.6 Å². The van der Waals surface area contributed by atoms with Gasteiger partial charge in [0.25, 0.3) is 5.91 Å². The minimum atomic E-state index is -0.347. The number of aromatic nitrogens is 2. The average molecular weight is 457 g/mol. The molecule has 3 aromatic rings. The fourth-order valence-corrected chi connectivity index (χ4v) is 3.89. The topological polar surface area (TPSA) is 50.2 Å². The molecule has 0 spiro atoms. The van der Waals surface area contributed by atoms with Gasteiger partial charge in [0.15, 0.2) is 0 Å². The van der Waals surface area contributed by atoms with Crippen LogP contribution >= 0.6 is 11.6 Å². The lowest BCUT2D eigenvalue weighted by Gasteiger charge is -2.20. The zero-order valence-corrected chi connectivity index (χ0v) is 19.6. The summed E-state index contributed by atoms with van der Waals surface area (Å²) < 4.78 is 15.0. The summed E-state index contributed by atoms with van der Waals surface area (Å²) in [6.45, 7) is 9.38. The molecule has 1 atom stereocenters. The average Bonchev–Trinajstić information content (AvgIpc) is 3.23. The minimum Gasteiger partial charge on any atom is -0.348 e. The first-order valence-corrected chi connectivity index (χ1v) is 11.4. The van der Waals surface area contributed by atoms with Crippen molar-refractivity contribution in [1.82, 2.24) is 20.0 Å². The standard InChI is InChI=1S/C25H30ClFN4O/c1-4-30(5-2)16-8-9-18(3)28-25(32)24-17-23(21-10-6-7-11-22(21)26)29-31(24)20-14-12-19(27)13-15-20/h6-7,10-15,17-18H,4-5,8-9,16H2,1-3H3,(H,28,32). The first-order valence-electron chi connectivity index (χ1n) is 11.1. The Kier molecular flexibility index (Phi) is 8.42. The van der Waals surface area contributed by atoms with Gasteiger partial charge >= 0.3 is 0 Å². The van der Waals surface area contributed by atoms with Gasteiger partial charge in [-0.2, -0.15) is 5.10 Å². The molecule has 5 nitrogen and oxygen atoms in total. The van der Waals surface area contributed by atoms with Gasteiger partial charge < -0.3 is 10.2 Å². The number of nitrogens with one attached hydrogen (secondary N) is 1. The summed E-state index contributed by atoms with van der Waals surface area (Å²) in [6, 6.07) is 15.0. The van der Waals surface area contributed by atoms with Gasteiger partial charge in [-0.05, 0) is 75.8 Å². The summed E-state index contributed by atoms with van der Waals surface area (Å²) in [5.41, 5.74) is 2.29. The Labute approximate surface area is 194 Å². The molecule has 170 valence electrons. The second-order valence-electron chi connectivity index (χ2n) is 7.83. The van der Waals surface area contributed by atoms with Crippen LogP contribution in [-0.2, 0) is 0 Å². The number of carbonyl (C=O) groups is 1. The largest absolute Gasteiger partial charge is 0.348 e. The van der Waals surface area contributed by atoms with Crippen LogP contribution in [0.5, 0.6) is 0 Å². The van der Waals surface area contributed by atoms with Gasteiger partial charge in [0, 0.05) is 11.6 Å². The Hall–Kier alpha value is -2.70. The number of nitrogens with zero attached hydrogens (tertiary/aromatic N) is 3. The number of halogens is 2. The number of benzene rings is 2. The second-order valence-corrected chi connectivity index (χ2v) is 8.23. The van der Waals surface area contributed by atoms with Gasteiger partial charge in [0.05, 0.1) is 16.4 Å². The van der Waals surface area contributed by atoms with Gasteiger partial charge in [0.2, 0.25) is 0 Å². The summed E-state index contributed by atoms with van der Waals surface area (Å²) in [5.74, 6) is -0.574. The van der Waals surface area contributed by atoms with Crippen molar-refractivity contribution in [1.29, 1.82) is 0 Å². The second kappa shape index (κ2) is 11.2. The third-order valence-electron chi connectivity index (χ3n) is 5.55. The first-order chi connectivity index (χ1) is 15.4. The summed E-state index contributed by atoms with van der Waals surface area (Å²) in [5, 5.41) is 8.25. The van der Waals surface area contributed by atoms with Crippen molar-refractivity contribution in [2.45, 2.75) is 39.7 Å². The molecule has 1 heterocycles. The third kappa shape index (κ3) is 5.96. The molecule has 0 aliphatic carbocycles. The highest BCUT2D eigenvalue weighted by atomic mass is 35.5. The quantitative estimate of drug-likeness (QED) is 0.433. The van der Waals surface area contributed by atoms with E-state index in [1.807, 2.05) is 25.1 Å². The fourth-order valence-electron chi connectivity index (χ4n) is 3.65. The highest BCUT2D eigenvalue weighted by Gasteiger charge is 2.20. The zero-order chi connectivity index (χ0) is 23.1. The molecule has 3 rings (SSSR count). The van der Waals surface area contributed by atoms with Crippen LogP contribution in [0.2, 0.25) is 5.02 Å². The fraction of sp³-hybridized carbons (Fsp3) is 0.360. The third-order valence-corrected chi connectivity index (χ3v) is 5.88. The van der Waals surface area contributed by atoms with Crippen molar-refractivity contribution in [2.24, 2.45) is 0 Å². The lowest BCUT2D eigenvalue weighted by molar-refractivity contribution is 0.0929. The summed E-state index contributed by atoms with van der Waals surface area (Å²) in [6.07, 6.45) is 1.88. The highest BCUT2D eigenvalue weighted by Crippen LogP contribution is 2.28. The van der Waals surface area contributed by atoms with E-state index in [2.05, 4.69) is 29.2 Å². The predicted octanol–water partition coefficient (Wildman–Crippen LogP) is 5.57. The van der Waals surface area contributed by atoms with Crippen molar-refractivity contribution in [3.05, 3.63) is 71.1 Å². The summed E-state index contributed by atoms with van der Waals surface area (Å²) in [7, 11) is 0. The van der Waals surface area contributed by atoms with Crippen LogP contribution < -0.4 is 5.32 Å². The lowest BCUT2D eigenvalue weighted by atomic mass is 10.1. The van der Waals surface area contributed by atoms with Crippen molar-refractivity contribution in [2.75, 3.05) is 19.6 Å². The Morgan fingerprint density at radius 1 is 1.16 bits per heavy atom. The smallest absolute Gasteiger partial charge is 0.270 e. The van der Waals surface area contributed by atoms with E-state index >= 15 is 0 Å². The van der Waals surface area contributed by atoms with Crippen LogP contribution in [0.1, 0.15) is 44.1 Å². The molecule has 0 saturated carbocycles. The molecule has 0 bridgehead atoms. The maximum absolute atomic E-state index is 13.5. The van der Waals surface area contributed by atoms with E-state index in [0.29, 0.717) is 22.1 Å². The molecule has 1 N–H and O–H groups in total. The maximum atomic E-state index is 13.5. The van der Waals surface area contributed by atoms with Crippen LogP contribution in [0.4, 0.5) is 4.39 Å². The molecule has 0 aliphatic rings. The monoisotopic (exact) mass is 456 g/mol. The van der Waals surface area contributed by atoms with E-state index in [9.17, 15) is 9.18 Å². The van der Waals surface area contributed by atoms with Crippen LogP contribution in [0.15, 0.2) is 54.6 Å². The van der Waals surface area contributed by atoms with Crippen LogP contribution in [-0.4, -0.2) is 46.3 Å². The molecule has 0 fully saturated rings. The molecular weight excluding hydrogens is 427 g/mol. The number of hydrogen-bond acceptors (Lipinski definition) is 3. The molecule has 0 saturated heterocycles. The van der Waals surface area contributed by atoms with Gasteiger partial charge in [-0.15, -0.1) is 0 Å². The number of rotatable bonds is 10. The highest BCUT2D eigenvalue weighted by molar-refractivity contribution is 6.33. The van der Waals surface area contributed by atoms with Crippen molar-refractivity contribution < 1.29 is 9.18 Å². The minimum absolute atomic E-state index is 0.0124. The van der Waals surface area contributed by atoms with Gasteiger partial charge in [-0.3, -0.25) is 4.79 Å². The van der Waals surface area contributed by atoms with E-state index in [1.54, 1.807) is 24.3 Å². The van der Waals surface area contributed by atoms with Crippen molar-refractivity contribution in [3.63, 3.8) is 0 Å². The molecule has 7 heteroatoms. The van der Waals surface area contributed by atoms with Crippen molar-refractivity contribution in [3.8, 4) is 16.9 Å². The summed E-state index contributed by atoms with van der Waals surface area (Å²) >= 11 is 6.35. The molecule has 2 aromatic carbocycles. The van der Waals surface area contributed by atoms with Crippen LogP contribution in [0.25, 0.3) is 16.9 Å². The molecule has 0 aliphatic heterocycles. The Morgan fingerprint density at radius 2 is 1.84 bits per heavy atom. The maximum Gasteiger partial charge on any atom is 0.270 e. The first kappa shape index (κ1) is 24.0. The van der Waals surface area contributed by atoms with E-state index in [1.165, 1.54) is 16.8 Å². The predicted molar refractivity (Wildman–Crippen MR) is 128 cm³/mol. The molecule has 1 amide bonds. The van der Waals surface area contributed by atoms with E-state index < -0.39 is 0 Å². The van der Waals surface area contributed by atoms with E-state index in [-0.39, 0.29) is 17.8 Å². The van der Waals surface area contributed by atoms with Crippen molar-refractivity contribution >= 4 is 17.5 Å². The van der Waals surface area contributed by atoms with E-state index in [0.717, 1.165) is 38.0 Å². The number of amides is 1. The van der Waals surface area contributed by atoms with Crippen LogP contribution in [0, 0.1) is 5.82 Å². The summed E-state index contributed by atoms with van der Waals surface area (Å²) in [4.78, 5) is 15.5. The molecule has 1 unspecified atom stereocenters. The lowest BCUT2D eigenvalue weighted by Crippen LogP contribution is -2.34. The Balaban J connectivity index is 1.83. The van der Waals surface area contributed by atoms with Crippen LogP contribution in [0.3, 0.4) is 0 Å².